The maximum Gasteiger partial charge on any atom is 0.145 e. The molecule has 4 nitrogen and oxygen atoms in total. The van der Waals surface area contributed by atoms with Gasteiger partial charge in [-0.05, 0) is 120 Å². The van der Waals surface area contributed by atoms with Gasteiger partial charge in [-0.15, -0.1) is 0 Å². The molecule has 0 fully saturated rings. The van der Waals surface area contributed by atoms with Crippen LogP contribution in [-0.2, 0) is 0 Å². The van der Waals surface area contributed by atoms with E-state index in [1.807, 2.05) is 18.2 Å². The summed E-state index contributed by atoms with van der Waals surface area (Å²) in [5, 5.41) is 7.41. The zero-order valence-corrected chi connectivity index (χ0v) is 33.4. The number of anilines is 2. The highest BCUT2D eigenvalue weighted by Crippen LogP contribution is 2.43. The molecule has 0 amide bonds. The average Bonchev–Trinajstić information content (AvgIpc) is 3.81. The van der Waals surface area contributed by atoms with E-state index in [0.717, 1.165) is 69.4 Å². The third kappa shape index (κ3) is 6.61. The normalized spacial score (nSPS) is 20.2. The van der Waals surface area contributed by atoms with E-state index in [0.29, 0.717) is 11.8 Å². The van der Waals surface area contributed by atoms with Gasteiger partial charge >= 0.3 is 0 Å². The first kappa shape index (κ1) is 36.3. The zero-order chi connectivity index (χ0) is 39.9. The summed E-state index contributed by atoms with van der Waals surface area (Å²) in [4.78, 5) is 2.18. The molecule has 0 spiro atoms. The molecule has 0 radical (unpaired) electrons. The van der Waals surface area contributed by atoms with Crippen molar-refractivity contribution in [2.45, 2.75) is 44.1 Å². The van der Waals surface area contributed by atoms with Crippen molar-refractivity contribution in [3.63, 3.8) is 0 Å². The quantitative estimate of drug-likeness (QED) is 0.124. The smallest absolute Gasteiger partial charge is 0.145 e. The Bertz CT molecular complexity index is 2960. The van der Waals surface area contributed by atoms with Crippen LogP contribution in [0.15, 0.2) is 193 Å². The van der Waals surface area contributed by atoms with Crippen molar-refractivity contribution in [3.8, 4) is 11.1 Å². The molecule has 7 aromatic rings. The van der Waals surface area contributed by atoms with Crippen LogP contribution in [0.2, 0.25) is 0 Å². The maximum atomic E-state index is 6.77. The number of nitrogens with zero attached hydrogens (tertiary/aromatic N) is 2. The number of hydrogen-bond donors (Lipinski definition) is 1. The lowest BCUT2D eigenvalue weighted by atomic mass is 9.84. The van der Waals surface area contributed by atoms with Crippen LogP contribution in [0.1, 0.15) is 60.4 Å². The van der Waals surface area contributed by atoms with E-state index in [4.69, 9.17) is 4.42 Å². The number of allylic oxidation sites excluding steroid dienone is 9. The zero-order valence-electron chi connectivity index (χ0n) is 33.4. The Morgan fingerprint density at radius 2 is 1.68 bits per heavy atom. The lowest BCUT2D eigenvalue weighted by molar-refractivity contribution is 0.581. The van der Waals surface area contributed by atoms with Crippen molar-refractivity contribution < 1.29 is 4.42 Å². The van der Waals surface area contributed by atoms with Gasteiger partial charge in [0.05, 0.1) is 11.2 Å². The van der Waals surface area contributed by atoms with Crippen LogP contribution >= 0.6 is 0 Å². The second-order valence-electron chi connectivity index (χ2n) is 15.9. The fourth-order valence-electron chi connectivity index (χ4n) is 9.39. The highest BCUT2D eigenvalue weighted by atomic mass is 16.3. The minimum atomic E-state index is 0.222. The summed E-state index contributed by atoms with van der Waals surface area (Å²) >= 11 is 0. The third-order valence-corrected chi connectivity index (χ3v) is 12.3. The van der Waals surface area contributed by atoms with Gasteiger partial charge in [-0.1, -0.05) is 123 Å². The van der Waals surface area contributed by atoms with Crippen LogP contribution in [0.5, 0.6) is 0 Å². The van der Waals surface area contributed by atoms with Crippen LogP contribution < -0.4 is 10.2 Å². The molecule has 3 atom stereocenters. The van der Waals surface area contributed by atoms with Gasteiger partial charge in [0.25, 0.3) is 0 Å². The fourth-order valence-corrected chi connectivity index (χ4v) is 9.39. The van der Waals surface area contributed by atoms with E-state index >= 15 is 0 Å². The van der Waals surface area contributed by atoms with Crippen molar-refractivity contribution in [1.82, 2.24) is 4.57 Å². The second kappa shape index (κ2) is 15.4. The van der Waals surface area contributed by atoms with Crippen molar-refractivity contribution >= 4 is 62.1 Å². The van der Waals surface area contributed by atoms with E-state index in [9.17, 15) is 0 Å². The van der Waals surface area contributed by atoms with Crippen LogP contribution in [0.25, 0.3) is 61.8 Å². The summed E-state index contributed by atoms with van der Waals surface area (Å²) in [6.07, 6.45) is 28.9. The van der Waals surface area contributed by atoms with Gasteiger partial charge in [0.15, 0.2) is 0 Å². The largest absolute Gasteiger partial charge is 0.455 e. The monoisotopic (exact) mass is 765 g/mol. The topological polar surface area (TPSA) is 33.3 Å². The second-order valence-corrected chi connectivity index (χ2v) is 15.9. The summed E-state index contributed by atoms with van der Waals surface area (Å²) in [5.41, 5.74) is 14.3. The van der Waals surface area contributed by atoms with Gasteiger partial charge in [0.1, 0.15) is 11.2 Å². The number of aromatic nitrogens is 1. The van der Waals surface area contributed by atoms with Gasteiger partial charge in [0, 0.05) is 62.8 Å². The van der Waals surface area contributed by atoms with Crippen LogP contribution in [0, 0.1) is 0 Å². The van der Waals surface area contributed by atoms with E-state index in [-0.39, 0.29) is 6.04 Å². The molecule has 3 unspecified atom stereocenters. The maximum absolute atomic E-state index is 6.77. The van der Waals surface area contributed by atoms with E-state index in [1.54, 1.807) is 0 Å². The van der Waals surface area contributed by atoms with Crippen LogP contribution in [-0.4, -0.2) is 10.6 Å². The molecule has 288 valence electrons. The molecule has 59 heavy (non-hydrogen) atoms. The molecule has 2 aliphatic carbocycles. The molecule has 1 aliphatic heterocycles. The highest BCUT2D eigenvalue weighted by Gasteiger charge is 2.25. The van der Waals surface area contributed by atoms with Gasteiger partial charge < -0.3 is 19.2 Å². The summed E-state index contributed by atoms with van der Waals surface area (Å²) in [7, 11) is 0. The molecule has 3 heterocycles. The molecule has 2 aromatic heterocycles. The predicted molar refractivity (Wildman–Crippen MR) is 252 cm³/mol. The van der Waals surface area contributed by atoms with Crippen molar-refractivity contribution in [1.29, 1.82) is 0 Å². The Kier molecular flexibility index (Phi) is 9.46. The number of benzene rings is 5. The number of furan rings is 1. The molecule has 4 heteroatoms. The van der Waals surface area contributed by atoms with Crippen molar-refractivity contribution in [2.75, 3.05) is 10.2 Å². The molecule has 3 aliphatic rings. The average molecular weight is 766 g/mol. The van der Waals surface area contributed by atoms with Gasteiger partial charge in [-0.2, -0.15) is 0 Å². The van der Waals surface area contributed by atoms with Crippen molar-refractivity contribution in [3.05, 3.63) is 211 Å². The Balaban J connectivity index is 0.968. The Labute approximate surface area is 346 Å². The third-order valence-electron chi connectivity index (χ3n) is 12.3. The fraction of sp³-hybridized carbons (Fsp3) is 0.127. The summed E-state index contributed by atoms with van der Waals surface area (Å²) in [6, 6.07) is 39.3. The van der Waals surface area contributed by atoms with Crippen molar-refractivity contribution in [2.24, 2.45) is 0 Å². The summed E-state index contributed by atoms with van der Waals surface area (Å²) in [6.45, 7) is 11.1. The summed E-state index contributed by atoms with van der Waals surface area (Å²) in [5.74, 6) is 0.855. The lowest BCUT2D eigenvalue weighted by Crippen LogP contribution is -2.23. The molecule has 1 N–H and O–H groups in total. The molecule has 0 saturated carbocycles. The predicted octanol–water partition coefficient (Wildman–Crippen LogP) is 14.8. The first-order valence-electron chi connectivity index (χ1n) is 20.8. The van der Waals surface area contributed by atoms with E-state index in [2.05, 4.69) is 199 Å². The molecule has 5 aromatic carbocycles. The Hall–Kier alpha value is -7.04. The van der Waals surface area contributed by atoms with E-state index in [1.165, 1.54) is 38.9 Å². The first-order chi connectivity index (χ1) is 29.1. The first-order valence-corrected chi connectivity index (χ1v) is 20.8. The number of fused-ring (bicyclic) bond motifs is 8. The summed E-state index contributed by atoms with van der Waals surface area (Å²) < 4.78 is 9.08. The van der Waals surface area contributed by atoms with Crippen LogP contribution in [0.3, 0.4) is 0 Å². The van der Waals surface area contributed by atoms with Crippen LogP contribution in [0.4, 0.5) is 11.4 Å². The molecule has 10 rings (SSSR count). The number of hydrogen-bond acceptors (Lipinski definition) is 3. The molecule has 0 saturated heterocycles. The Morgan fingerprint density at radius 1 is 0.831 bits per heavy atom. The highest BCUT2D eigenvalue weighted by molar-refractivity contribution is 6.11. The van der Waals surface area contributed by atoms with Gasteiger partial charge in [-0.3, -0.25) is 0 Å². The molecule has 0 bridgehead atoms. The number of para-hydroxylation sites is 2. The molecular formula is C55H47N3O. The number of rotatable bonds is 8. The number of nitrogens with one attached hydrogen (secondary N) is 1. The minimum absolute atomic E-state index is 0.222. The van der Waals surface area contributed by atoms with Gasteiger partial charge in [-0.25, -0.2) is 0 Å². The minimum Gasteiger partial charge on any atom is -0.455 e. The Morgan fingerprint density at radius 3 is 2.58 bits per heavy atom. The van der Waals surface area contributed by atoms with Gasteiger partial charge in [0.2, 0.25) is 0 Å². The van der Waals surface area contributed by atoms with E-state index < -0.39 is 0 Å². The lowest BCUT2D eigenvalue weighted by Gasteiger charge is -2.27. The molecular weight excluding hydrogens is 719 g/mol. The SMILES string of the molecule is C=C/C(=C\C=C/n1c2c(c3ccccc31)C(C)CC=C2)N1/C=C\C=C/C(=C)c2c1ccc1c2oc2ccc(C3CC=CC(Nc4ccccc4-c4ccccc4)C3)cc21. The standard InChI is InChI=1S/C55H47N3O/c1-4-43(23-16-34-58-49-27-11-9-25-46(49)53-37(2)18-14-28-50(53)58)57-33-13-12-17-38(3)54-51(57)31-30-45-47-36-41(29-32-52(47)59-55(45)54)40-21-15-22-42(35-40)56-48-26-10-8-24-44(48)39-19-6-5-7-20-39/h4-17,19-20,22-34,36-37,40,42,56H,1,3,18,21,35H2,2H3/b17-12-,33-13-,34-16-,43-23+.